The fraction of sp³-hybridized carbons (Fsp3) is 0.433. The minimum Gasteiger partial charge on any atom is -0.497 e. The molecule has 2 aromatic heterocycles. The van der Waals surface area contributed by atoms with Gasteiger partial charge in [-0.25, -0.2) is 4.98 Å². The number of ether oxygens (including phenoxy) is 1. The molecule has 1 N–H and O–H groups in total. The molecular formula is C30H38FN5O2. The molecule has 0 aliphatic carbocycles. The molecule has 1 fully saturated rings. The fourth-order valence-corrected chi connectivity index (χ4v) is 5.33. The first-order chi connectivity index (χ1) is 18.4. The molecule has 0 saturated carbocycles. The molecule has 4 rings (SSSR count). The Labute approximate surface area is 225 Å². The number of hydrogen-bond acceptors (Lipinski definition) is 6. The van der Waals surface area contributed by atoms with Crippen molar-refractivity contribution in [1.29, 1.82) is 0 Å². The highest BCUT2D eigenvalue weighted by Crippen LogP contribution is 2.28. The summed E-state index contributed by atoms with van der Waals surface area (Å²) in [4.78, 5) is 25.8. The number of carbonyl (C=O) groups is 1. The summed E-state index contributed by atoms with van der Waals surface area (Å²) in [6.45, 7) is 9.00. The average molecular weight is 520 g/mol. The van der Waals surface area contributed by atoms with Crippen molar-refractivity contribution >= 4 is 11.6 Å². The number of hydrogen-bond donors (Lipinski definition) is 1. The Morgan fingerprint density at radius 2 is 1.95 bits per heavy atom. The standard InChI is InChI=1S/C30H38FN5O2/c1-21-18-28(31)34-23(3)29(21)30(37)33-15-11-22(2)35-16-12-26(13-17-35)36(20-24-6-5-14-32-19-24)25-7-9-27(38-4)10-8-25/h5-10,14,18-19,22,26H,11-13,15-17,20H2,1-4H3,(H,33,37). The van der Waals surface area contributed by atoms with Gasteiger partial charge >= 0.3 is 0 Å². The van der Waals surface area contributed by atoms with Crippen molar-refractivity contribution in [2.75, 3.05) is 31.6 Å². The van der Waals surface area contributed by atoms with Crippen LogP contribution in [-0.2, 0) is 6.54 Å². The maximum Gasteiger partial charge on any atom is 0.253 e. The molecule has 38 heavy (non-hydrogen) atoms. The predicted octanol–water partition coefficient (Wildman–Crippen LogP) is 4.92. The van der Waals surface area contributed by atoms with E-state index in [0.29, 0.717) is 35.4 Å². The van der Waals surface area contributed by atoms with Crippen molar-refractivity contribution < 1.29 is 13.9 Å². The molecule has 1 atom stereocenters. The topological polar surface area (TPSA) is 70.6 Å². The molecule has 1 aliphatic rings. The number of halogens is 1. The van der Waals surface area contributed by atoms with Crippen LogP contribution < -0.4 is 15.0 Å². The molecule has 7 nitrogen and oxygen atoms in total. The van der Waals surface area contributed by atoms with Crippen molar-refractivity contribution in [2.24, 2.45) is 0 Å². The number of aryl methyl sites for hydroxylation is 2. The summed E-state index contributed by atoms with van der Waals surface area (Å²) < 4.78 is 18.9. The summed E-state index contributed by atoms with van der Waals surface area (Å²) in [7, 11) is 1.69. The summed E-state index contributed by atoms with van der Waals surface area (Å²) in [5.74, 6) is 0.107. The number of nitrogens with one attached hydrogen (secondary N) is 1. The smallest absolute Gasteiger partial charge is 0.253 e. The average Bonchev–Trinajstić information content (AvgIpc) is 2.92. The van der Waals surface area contributed by atoms with E-state index < -0.39 is 5.95 Å². The third-order valence-electron chi connectivity index (χ3n) is 7.48. The second-order valence-electron chi connectivity index (χ2n) is 10.1. The van der Waals surface area contributed by atoms with Gasteiger partial charge in [0, 0.05) is 56.3 Å². The Morgan fingerprint density at radius 3 is 2.58 bits per heavy atom. The number of aromatic nitrogens is 2. The van der Waals surface area contributed by atoms with E-state index in [2.05, 4.69) is 50.2 Å². The van der Waals surface area contributed by atoms with Crippen LogP contribution in [0.1, 0.15) is 53.4 Å². The Morgan fingerprint density at radius 1 is 1.21 bits per heavy atom. The zero-order valence-corrected chi connectivity index (χ0v) is 22.8. The van der Waals surface area contributed by atoms with Gasteiger partial charge in [-0.05, 0) is 87.6 Å². The molecular weight excluding hydrogens is 481 g/mol. The maximum absolute atomic E-state index is 13.5. The van der Waals surface area contributed by atoms with E-state index >= 15 is 0 Å². The van der Waals surface area contributed by atoms with Crippen molar-refractivity contribution in [3.8, 4) is 5.75 Å². The predicted molar refractivity (Wildman–Crippen MR) is 148 cm³/mol. The number of carbonyl (C=O) groups excluding carboxylic acids is 1. The van der Waals surface area contributed by atoms with Crippen LogP contribution >= 0.6 is 0 Å². The first-order valence-electron chi connectivity index (χ1n) is 13.3. The molecule has 8 heteroatoms. The van der Waals surface area contributed by atoms with E-state index in [1.807, 2.05) is 30.6 Å². The highest BCUT2D eigenvalue weighted by Gasteiger charge is 2.27. The number of amides is 1. The molecule has 1 aliphatic heterocycles. The van der Waals surface area contributed by atoms with Crippen LogP contribution in [0.4, 0.5) is 10.1 Å². The number of rotatable bonds is 10. The van der Waals surface area contributed by atoms with E-state index in [9.17, 15) is 9.18 Å². The Bertz CT molecular complexity index is 1170. The van der Waals surface area contributed by atoms with Gasteiger partial charge in [0.05, 0.1) is 18.4 Å². The van der Waals surface area contributed by atoms with Gasteiger partial charge in [0.15, 0.2) is 0 Å². The first-order valence-corrected chi connectivity index (χ1v) is 13.3. The van der Waals surface area contributed by atoms with E-state index in [0.717, 1.165) is 44.6 Å². The number of likely N-dealkylation sites (tertiary alicyclic amines) is 1. The van der Waals surface area contributed by atoms with Gasteiger partial charge in [-0.2, -0.15) is 4.39 Å². The molecule has 1 amide bonds. The molecule has 0 spiro atoms. The van der Waals surface area contributed by atoms with Gasteiger partial charge in [-0.3, -0.25) is 9.78 Å². The minimum atomic E-state index is -0.556. The molecule has 0 radical (unpaired) electrons. The van der Waals surface area contributed by atoms with Crippen molar-refractivity contribution in [1.82, 2.24) is 20.2 Å². The van der Waals surface area contributed by atoms with Gasteiger partial charge in [0.1, 0.15) is 5.75 Å². The summed E-state index contributed by atoms with van der Waals surface area (Å²) in [5.41, 5.74) is 3.87. The number of piperidine rings is 1. The van der Waals surface area contributed by atoms with Crippen LogP contribution in [-0.4, -0.2) is 59.6 Å². The van der Waals surface area contributed by atoms with E-state index in [1.54, 1.807) is 21.0 Å². The first kappa shape index (κ1) is 27.5. The van der Waals surface area contributed by atoms with Gasteiger partial charge < -0.3 is 19.9 Å². The summed E-state index contributed by atoms with van der Waals surface area (Å²) in [6, 6.07) is 14.5. The van der Waals surface area contributed by atoms with Crippen molar-refractivity contribution in [3.63, 3.8) is 0 Å². The highest BCUT2D eigenvalue weighted by atomic mass is 19.1. The molecule has 202 valence electrons. The number of nitrogens with zero attached hydrogens (tertiary/aromatic N) is 4. The summed E-state index contributed by atoms with van der Waals surface area (Å²) in [5, 5.41) is 3.00. The molecule has 3 aromatic rings. The van der Waals surface area contributed by atoms with Crippen LogP contribution in [0.25, 0.3) is 0 Å². The third-order valence-corrected chi connectivity index (χ3v) is 7.48. The number of benzene rings is 1. The lowest BCUT2D eigenvalue weighted by Gasteiger charge is -2.42. The maximum atomic E-state index is 13.5. The highest BCUT2D eigenvalue weighted by molar-refractivity contribution is 5.96. The minimum absolute atomic E-state index is 0.191. The van der Waals surface area contributed by atoms with E-state index in [4.69, 9.17) is 4.74 Å². The lowest BCUT2D eigenvalue weighted by molar-refractivity contribution is 0.0943. The van der Waals surface area contributed by atoms with Gasteiger partial charge in [0.25, 0.3) is 5.91 Å². The lowest BCUT2D eigenvalue weighted by atomic mass is 9.99. The van der Waals surface area contributed by atoms with Crippen molar-refractivity contribution in [3.05, 3.63) is 83.2 Å². The van der Waals surface area contributed by atoms with Crippen LogP contribution in [0.2, 0.25) is 0 Å². The van der Waals surface area contributed by atoms with Crippen LogP contribution in [0.5, 0.6) is 5.75 Å². The van der Waals surface area contributed by atoms with Crippen LogP contribution in [0.3, 0.4) is 0 Å². The monoisotopic (exact) mass is 519 g/mol. The normalized spacial score (nSPS) is 15.2. The third kappa shape index (κ3) is 6.86. The Balaban J connectivity index is 1.32. The second kappa shape index (κ2) is 12.8. The van der Waals surface area contributed by atoms with Crippen molar-refractivity contribution in [2.45, 2.75) is 58.7 Å². The Hall–Kier alpha value is -3.52. The molecule has 1 saturated heterocycles. The lowest BCUT2D eigenvalue weighted by Crippen LogP contribution is -2.48. The summed E-state index contributed by atoms with van der Waals surface area (Å²) >= 11 is 0. The number of anilines is 1. The van der Waals surface area contributed by atoms with Gasteiger partial charge in [-0.1, -0.05) is 6.07 Å². The summed E-state index contributed by atoms with van der Waals surface area (Å²) in [6.07, 6.45) is 6.71. The van der Waals surface area contributed by atoms with E-state index in [-0.39, 0.29) is 5.91 Å². The molecule has 3 heterocycles. The number of pyridine rings is 2. The largest absolute Gasteiger partial charge is 0.497 e. The molecule has 1 aromatic carbocycles. The van der Waals surface area contributed by atoms with Crippen LogP contribution in [0, 0.1) is 19.8 Å². The van der Waals surface area contributed by atoms with Gasteiger partial charge in [0.2, 0.25) is 5.95 Å². The second-order valence-corrected chi connectivity index (χ2v) is 10.1. The quantitative estimate of drug-likeness (QED) is 0.384. The molecule has 0 bridgehead atoms. The van der Waals surface area contributed by atoms with Gasteiger partial charge in [-0.15, -0.1) is 0 Å². The molecule has 1 unspecified atom stereocenters. The fourth-order valence-electron chi connectivity index (χ4n) is 5.33. The van der Waals surface area contributed by atoms with E-state index in [1.165, 1.54) is 17.3 Å². The Kier molecular flexibility index (Phi) is 9.29. The SMILES string of the molecule is COc1ccc(N(Cc2cccnc2)C2CCN(C(C)CCNC(=O)c3c(C)cc(F)nc3C)CC2)cc1. The zero-order valence-electron chi connectivity index (χ0n) is 22.8. The zero-order chi connectivity index (χ0) is 27.1. The number of methoxy groups -OCH3 is 1. The van der Waals surface area contributed by atoms with Crippen LogP contribution in [0.15, 0.2) is 54.9 Å².